The Balaban J connectivity index is 1.78. The highest BCUT2D eigenvalue weighted by Gasteiger charge is 2.30. The standard InChI is InChI=1S/C27H23F3N2O3/c1-18(20-7-4-3-5-8-20)32-26(33)21(16-31)13-19-11-12-25(34-2)22(14-19)17-35-24-10-6-9-23(15-24)27(28,29)30/h3-15,18H,17H2,1-2H3,(H,32,33). The molecule has 0 bridgehead atoms. The first-order valence-corrected chi connectivity index (χ1v) is 10.7. The number of nitriles is 1. The lowest BCUT2D eigenvalue weighted by Crippen LogP contribution is -2.27. The lowest BCUT2D eigenvalue weighted by Gasteiger charge is -2.14. The average Bonchev–Trinajstić information content (AvgIpc) is 2.86. The Kier molecular flexibility index (Phi) is 8.16. The van der Waals surface area contributed by atoms with Gasteiger partial charge in [-0.3, -0.25) is 4.79 Å². The maximum atomic E-state index is 13.0. The highest BCUT2D eigenvalue weighted by Crippen LogP contribution is 2.32. The number of rotatable bonds is 8. The molecule has 0 aliphatic carbocycles. The SMILES string of the molecule is COc1ccc(C=C(C#N)C(=O)NC(C)c2ccccc2)cc1COc1cccc(C(F)(F)F)c1. The second-order valence-electron chi connectivity index (χ2n) is 7.66. The Morgan fingerprint density at radius 1 is 1.09 bits per heavy atom. The van der Waals surface area contributed by atoms with Gasteiger partial charge in [-0.15, -0.1) is 0 Å². The second-order valence-corrected chi connectivity index (χ2v) is 7.66. The molecule has 3 rings (SSSR count). The highest BCUT2D eigenvalue weighted by molar-refractivity contribution is 6.01. The van der Waals surface area contributed by atoms with Crippen molar-refractivity contribution in [3.63, 3.8) is 0 Å². The number of benzene rings is 3. The van der Waals surface area contributed by atoms with Crippen LogP contribution in [0.2, 0.25) is 0 Å². The summed E-state index contributed by atoms with van der Waals surface area (Å²) < 4.78 is 49.8. The lowest BCUT2D eigenvalue weighted by atomic mass is 10.1. The predicted molar refractivity (Wildman–Crippen MR) is 125 cm³/mol. The summed E-state index contributed by atoms with van der Waals surface area (Å²) >= 11 is 0. The van der Waals surface area contributed by atoms with Crippen molar-refractivity contribution < 1.29 is 27.4 Å². The van der Waals surface area contributed by atoms with Crippen molar-refractivity contribution in [2.75, 3.05) is 7.11 Å². The van der Waals surface area contributed by atoms with Gasteiger partial charge in [-0.05, 0) is 54.5 Å². The molecule has 3 aromatic carbocycles. The van der Waals surface area contributed by atoms with Gasteiger partial charge in [0.2, 0.25) is 0 Å². The van der Waals surface area contributed by atoms with Crippen LogP contribution < -0.4 is 14.8 Å². The van der Waals surface area contributed by atoms with Gasteiger partial charge >= 0.3 is 6.18 Å². The van der Waals surface area contributed by atoms with Gasteiger partial charge in [0.25, 0.3) is 5.91 Å². The minimum Gasteiger partial charge on any atom is -0.496 e. The van der Waals surface area contributed by atoms with Gasteiger partial charge < -0.3 is 14.8 Å². The van der Waals surface area contributed by atoms with Gasteiger partial charge in [0.05, 0.1) is 18.7 Å². The Bertz CT molecular complexity index is 1250. The minimum absolute atomic E-state index is 0.0508. The van der Waals surface area contributed by atoms with E-state index in [2.05, 4.69) is 5.32 Å². The molecule has 1 N–H and O–H groups in total. The van der Waals surface area contributed by atoms with E-state index in [0.29, 0.717) is 16.9 Å². The van der Waals surface area contributed by atoms with Crippen LogP contribution in [0.1, 0.15) is 35.2 Å². The molecule has 1 atom stereocenters. The number of amides is 1. The molecule has 35 heavy (non-hydrogen) atoms. The van der Waals surface area contributed by atoms with E-state index < -0.39 is 17.6 Å². The zero-order chi connectivity index (χ0) is 25.4. The zero-order valence-electron chi connectivity index (χ0n) is 19.1. The Hall–Kier alpha value is -4.25. The Labute approximate surface area is 201 Å². The fraction of sp³-hybridized carbons (Fsp3) is 0.185. The zero-order valence-corrected chi connectivity index (χ0v) is 19.1. The summed E-state index contributed by atoms with van der Waals surface area (Å²) in [7, 11) is 1.46. The normalized spacial score (nSPS) is 12.4. The molecule has 1 unspecified atom stereocenters. The van der Waals surface area contributed by atoms with E-state index in [-0.39, 0.29) is 24.0 Å². The van der Waals surface area contributed by atoms with Crippen LogP contribution >= 0.6 is 0 Å². The largest absolute Gasteiger partial charge is 0.496 e. The van der Waals surface area contributed by atoms with Crippen LogP contribution in [0, 0.1) is 11.3 Å². The van der Waals surface area contributed by atoms with Crippen molar-refractivity contribution in [2.24, 2.45) is 0 Å². The van der Waals surface area contributed by atoms with Crippen LogP contribution in [-0.2, 0) is 17.6 Å². The van der Waals surface area contributed by atoms with E-state index in [0.717, 1.165) is 17.7 Å². The van der Waals surface area contributed by atoms with Crippen LogP contribution in [0.3, 0.4) is 0 Å². The number of alkyl halides is 3. The third-order valence-corrected chi connectivity index (χ3v) is 5.18. The summed E-state index contributed by atoms with van der Waals surface area (Å²) in [6.45, 7) is 1.74. The Morgan fingerprint density at radius 2 is 1.83 bits per heavy atom. The fourth-order valence-electron chi connectivity index (χ4n) is 3.34. The van der Waals surface area contributed by atoms with Gasteiger partial charge in [-0.2, -0.15) is 18.4 Å². The number of nitrogens with zero attached hydrogens (tertiary/aromatic N) is 1. The van der Waals surface area contributed by atoms with Gasteiger partial charge in [0.1, 0.15) is 29.7 Å². The quantitative estimate of drug-likeness (QED) is 0.313. The Morgan fingerprint density at radius 3 is 2.49 bits per heavy atom. The van der Waals surface area contributed by atoms with E-state index in [1.165, 1.54) is 25.3 Å². The summed E-state index contributed by atoms with van der Waals surface area (Å²) in [4.78, 5) is 12.7. The molecule has 0 heterocycles. The first kappa shape index (κ1) is 25.4. The molecule has 180 valence electrons. The molecule has 0 aliphatic heterocycles. The molecule has 0 saturated carbocycles. The first-order chi connectivity index (χ1) is 16.7. The third kappa shape index (κ3) is 6.87. The van der Waals surface area contributed by atoms with Gasteiger partial charge in [-0.25, -0.2) is 0 Å². The van der Waals surface area contributed by atoms with Gasteiger partial charge in [0.15, 0.2) is 0 Å². The number of methoxy groups -OCH3 is 1. The molecule has 3 aromatic rings. The third-order valence-electron chi connectivity index (χ3n) is 5.18. The number of hydrogen-bond donors (Lipinski definition) is 1. The molecule has 1 amide bonds. The monoisotopic (exact) mass is 480 g/mol. The summed E-state index contributed by atoms with van der Waals surface area (Å²) in [5, 5.41) is 12.3. The lowest BCUT2D eigenvalue weighted by molar-refractivity contribution is -0.137. The van der Waals surface area contributed by atoms with Crippen molar-refractivity contribution in [2.45, 2.75) is 25.7 Å². The summed E-state index contributed by atoms with van der Waals surface area (Å²) in [5.74, 6) is -0.0222. The molecule has 8 heteroatoms. The number of carbonyl (C=O) groups excluding carboxylic acids is 1. The number of nitrogens with one attached hydrogen (secondary N) is 1. The number of halogens is 3. The van der Waals surface area contributed by atoms with Crippen LogP contribution in [0.5, 0.6) is 11.5 Å². The maximum absolute atomic E-state index is 13.0. The van der Waals surface area contributed by atoms with Crippen molar-refractivity contribution in [3.05, 3.63) is 101 Å². The maximum Gasteiger partial charge on any atom is 0.416 e. The van der Waals surface area contributed by atoms with Gasteiger partial charge in [-0.1, -0.05) is 42.5 Å². The average molecular weight is 480 g/mol. The summed E-state index contributed by atoms with van der Waals surface area (Å²) in [6, 6.07) is 20.5. The van der Waals surface area contributed by atoms with Crippen LogP contribution in [-0.4, -0.2) is 13.0 Å². The minimum atomic E-state index is -4.48. The highest BCUT2D eigenvalue weighted by atomic mass is 19.4. The molecule has 0 saturated heterocycles. The van der Waals surface area contributed by atoms with E-state index in [4.69, 9.17) is 9.47 Å². The summed E-state index contributed by atoms with van der Waals surface area (Å²) in [6.07, 6.45) is -3.05. The fourth-order valence-corrected chi connectivity index (χ4v) is 3.34. The van der Waals surface area contributed by atoms with E-state index in [1.54, 1.807) is 18.2 Å². The molecular weight excluding hydrogens is 457 g/mol. The van der Waals surface area contributed by atoms with E-state index >= 15 is 0 Å². The van der Waals surface area contributed by atoms with Crippen LogP contribution in [0.4, 0.5) is 13.2 Å². The number of hydrogen-bond acceptors (Lipinski definition) is 4. The van der Waals surface area contributed by atoms with Crippen molar-refractivity contribution in [3.8, 4) is 17.6 Å². The first-order valence-electron chi connectivity index (χ1n) is 10.7. The molecule has 0 aliphatic rings. The number of carbonyl (C=O) groups is 1. The number of ether oxygens (including phenoxy) is 2. The molecule has 0 radical (unpaired) electrons. The predicted octanol–water partition coefficient (Wildman–Crippen LogP) is 6.08. The molecule has 0 aromatic heterocycles. The summed E-state index contributed by atoms with van der Waals surface area (Å²) in [5.41, 5.74) is 1.06. The van der Waals surface area contributed by atoms with Crippen molar-refractivity contribution in [1.29, 1.82) is 5.26 Å². The van der Waals surface area contributed by atoms with Crippen LogP contribution in [0.25, 0.3) is 6.08 Å². The molecule has 5 nitrogen and oxygen atoms in total. The molecule has 0 spiro atoms. The van der Waals surface area contributed by atoms with Gasteiger partial charge in [0, 0.05) is 5.56 Å². The van der Waals surface area contributed by atoms with Crippen molar-refractivity contribution in [1.82, 2.24) is 5.32 Å². The van der Waals surface area contributed by atoms with E-state index in [1.807, 2.05) is 43.3 Å². The molecular formula is C27H23F3N2O3. The van der Waals surface area contributed by atoms with Crippen molar-refractivity contribution >= 4 is 12.0 Å². The molecule has 0 fully saturated rings. The topological polar surface area (TPSA) is 71.3 Å². The van der Waals surface area contributed by atoms with E-state index in [9.17, 15) is 23.2 Å². The van der Waals surface area contributed by atoms with Crippen LogP contribution in [0.15, 0.2) is 78.4 Å². The smallest absolute Gasteiger partial charge is 0.416 e. The second kappa shape index (κ2) is 11.3.